The van der Waals surface area contributed by atoms with Crippen molar-refractivity contribution >= 4 is 27.3 Å². The number of halogens is 1. The molecule has 0 fully saturated rings. The molecule has 0 saturated heterocycles. The van der Waals surface area contributed by atoms with Crippen molar-refractivity contribution in [2.24, 2.45) is 5.73 Å². The van der Waals surface area contributed by atoms with Gasteiger partial charge in [0.15, 0.2) is 0 Å². The number of ether oxygens (including phenoxy) is 1. The van der Waals surface area contributed by atoms with Gasteiger partial charge in [0.1, 0.15) is 6.10 Å². The molecule has 0 amide bonds. The van der Waals surface area contributed by atoms with E-state index in [0.29, 0.717) is 6.61 Å². The van der Waals surface area contributed by atoms with E-state index in [1.807, 2.05) is 25.1 Å². The summed E-state index contributed by atoms with van der Waals surface area (Å²) in [4.78, 5) is 1.22. The topological polar surface area (TPSA) is 35.2 Å². The van der Waals surface area contributed by atoms with Crippen LogP contribution in [0.15, 0.2) is 40.2 Å². The Morgan fingerprint density at radius 3 is 2.63 bits per heavy atom. The average molecular weight is 340 g/mol. The van der Waals surface area contributed by atoms with Crippen LogP contribution in [0.2, 0.25) is 0 Å². The summed E-state index contributed by atoms with van der Waals surface area (Å²) >= 11 is 5.25. The first-order valence-electron chi connectivity index (χ1n) is 6.24. The summed E-state index contributed by atoms with van der Waals surface area (Å²) in [6.07, 6.45) is -0.0490. The fourth-order valence-electron chi connectivity index (χ4n) is 1.94. The Morgan fingerprint density at radius 1 is 1.32 bits per heavy atom. The number of hydrogen-bond acceptors (Lipinski definition) is 3. The molecule has 0 aliphatic heterocycles. The van der Waals surface area contributed by atoms with E-state index in [-0.39, 0.29) is 12.1 Å². The molecule has 2 aromatic rings. The molecule has 0 radical (unpaired) electrons. The molecule has 2 N–H and O–H groups in total. The predicted octanol–water partition coefficient (Wildman–Crippen LogP) is 4.42. The van der Waals surface area contributed by atoms with Crippen molar-refractivity contribution in [1.82, 2.24) is 0 Å². The lowest BCUT2D eigenvalue weighted by atomic mass is 10.1. The van der Waals surface area contributed by atoms with E-state index in [1.165, 1.54) is 10.4 Å². The molecule has 2 nitrogen and oxygen atoms in total. The molecule has 0 saturated carbocycles. The Labute approximate surface area is 126 Å². The monoisotopic (exact) mass is 339 g/mol. The van der Waals surface area contributed by atoms with E-state index >= 15 is 0 Å². The average Bonchev–Trinajstić information content (AvgIpc) is 2.78. The first kappa shape index (κ1) is 14.7. The van der Waals surface area contributed by atoms with Gasteiger partial charge in [-0.2, -0.15) is 0 Å². The zero-order chi connectivity index (χ0) is 13.8. The van der Waals surface area contributed by atoms with E-state index in [1.54, 1.807) is 11.3 Å². The number of aryl methyl sites for hydroxylation is 1. The Balaban J connectivity index is 2.11. The van der Waals surface area contributed by atoms with Gasteiger partial charge in [0.05, 0.1) is 6.61 Å². The Morgan fingerprint density at radius 2 is 2.05 bits per heavy atom. The molecule has 0 spiro atoms. The van der Waals surface area contributed by atoms with Crippen LogP contribution >= 0.6 is 27.3 Å². The zero-order valence-corrected chi connectivity index (χ0v) is 13.5. The predicted molar refractivity (Wildman–Crippen MR) is 84.4 cm³/mol. The fraction of sp³-hybridized carbons (Fsp3) is 0.333. The molecule has 0 aliphatic rings. The van der Waals surface area contributed by atoms with Crippen LogP contribution in [0.3, 0.4) is 0 Å². The number of benzene rings is 1. The second kappa shape index (κ2) is 6.66. The summed E-state index contributed by atoms with van der Waals surface area (Å²) in [7, 11) is 0. The minimum atomic E-state index is -0.0490. The summed E-state index contributed by atoms with van der Waals surface area (Å²) < 4.78 is 7.12. The lowest BCUT2D eigenvalue weighted by molar-refractivity contribution is 0.0276. The van der Waals surface area contributed by atoms with Crippen molar-refractivity contribution in [3.8, 4) is 0 Å². The molecule has 2 rings (SSSR count). The van der Waals surface area contributed by atoms with Crippen LogP contribution in [0.4, 0.5) is 0 Å². The van der Waals surface area contributed by atoms with Crippen LogP contribution in [0.1, 0.15) is 29.0 Å². The summed E-state index contributed by atoms with van der Waals surface area (Å²) in [6, 6.07) is 10.2. The van der Waals surface area contributed by atoms with Gasteiger partial charge in [0, 0.05) is 15.4 Å². The number of thiophene rings is 1. The first-order valence-corrected chi connectivity index (χ1v) is 7.91. The maximum absolute atomic E-state index is 6.07. The Bertz CT molecular complexity index is 538. The smallest absolute Gasteiger partial charge is 0.107 e. The molecule has 0 bridgehead atoms. The molecule has 4 heteroatoms. The SMILES string of the molecule is Cc1ccsc1C(OCc1ccccc1Br)C(C)N. The molecule has 0 aliphatic carbocycles. The third kappa shape index (κ3) is 3.66. The quantitative estimate of drug-likeness (QED) is 0.874. The third-order valence-corrected chi connectivity index (χ3v) is 4.87. The number of rotatable bonds is 5. The van der Waals surface area contributed by atoms with Crippen molar-refractivity contribution < 1.29 is 4.74 Å². The highest BCUT2D eigenvalue weighted by atomic mass is 79.9. The molecule has 2 atom stereocenters. The van der Waals surface area contributed by atoms with E-state index in [0.717, 1.165) is 10.0 Å². The highest BCUT2D eigenvalue weighted by Crippen LogP contribution is 2.30. The van der Waals surface area contributed by atoms with Crippen molar-refractivity contribution in [2.45, 2.75) is 32.6 Å². The van der Waals surface area contributed by atoms with E-state index in [9.17, 15) is 0 Å². The van der Waals surface area contributed by atoms with Gasteiger partial charge >= 0.3 is 0 Å². The van der Waals surface area contributed by atoms with Crippen molar-refractivity contribution in [2.75, 3.05) is 0 Å². The second-order valence-corrected chi connectivity index (χ2v) is 6.45. The van der Waals surface area contributed by atoms with Crippen LogP contribution in [0.25, 0.3) is 0 Å². The maximum atomic E-state index is 6.07. The Kier molecular flexibility index (Phi) is 5.16. The second-order valence-electron chi connectivity index (χ2n) is 4.65. The first-order chi connectivity index (χ1) is 9.09. The molecule has 2 unspecified atom stereocenters. The van der Waals surface area contributed by atoms with E-state index in [4.69, 9.17) is 10.5 Å². The number of nitrogens with two attached hydrogens (primary N) is 1. The zero-order valence-electron chi connectivity index (χ0n) is 11.1. The normalized spacial score (nSPS) is 14.3. The molecule has 19 heavy (non-hydrogen) atoms. The summed E-state index contributed by atoms with van der Waals surface area (Å²) in [5.41, 5.74) is 8.46. The summed E-state index contributed by atoms with van der Waals surface area (Å²) in [5.74, 6) is 0. The lowest BCUT2D eigenvalue weighted by Crippen LogP contribution is -2.26. The van der Waals surface area contributed by atoms with Crippen molar-refractivity contribution in [3.63, 3.8) is 0 Å². The van der Waals surface area contributed by atoms with Crippen molar-refractivity contribution in [3.05, 3.63) is 56.2 Å². The van der Waals surface area contributed by atoms with Gasteiger partial charge in [-0.1, -0.05) is 34.1 Å². The third-order valence-electron chi connectivity index (χ3n) is 3.01. The Hall–Kier alpha value is -0.680. The van der Waals surface area contributed by atoms with Crippen molar-refractivity contribution in [1.29, 1.82) is 0 Å². The summed E-state index contributed by atoms with van der Waals surface area (Å²) in [5, 5.41) is 2.09. The van der Waals surface area contributed by atoms with Gasteiger partial charge in [-0.05, 0) is 42.5 Å². The molecular formula is C15H18BrNOS. The molecular weight excluding hydrogens is 322 g/mol. The van der Waals surface area contributed by atoms with Gasteiger partial charge in [-0.25, -0.2) is 0 Å². The highest BCUT2D eigenvalue weighted by Gasteiger charge is 2.20. The largest absolute Gasteiger partial charge is 0.366 e. The molecule has 102 valence electrons. The molecule has 1 heterocycles. The molecule has 1 aromatic carbocycles. The highest BCUT2D eigenvalue weighted by molar-refractivity contribution is 9.10. The fourth-order valence-corrected chi connectivity index (χ4v) is 3.43. The van der Waals surface area contributed by atoms with Gasteiger partial charge in [-0.15, -0.1) is 11.3 Å². The van der Waals surface area contributed by atoms with Gasteiger partial charge in [0.2, 0.25) is 0 Å². The lowest BCUT2D eigenvalue weighted by Gasteiger charge is -2.21. The van der Waals surface area contributed by atoms with E-state index < -0.39 is 0 Å². The van der Waals surface area contributed by atoms with Crippen LogP contribution in [-0.2, 0) is 11.3 Å². The van der Waals surface area contributed by atoms with Gasteiger partial charge < -0.3 is 10.5 Å². The van der Waals surface area contributed by atoms with E-state index in [2.05, 4.69) is 40.4 Å². The maximum Gasteiger partial charge on any atom is 0.107 e. The van der Waals surface area contributed by atoms with Gasteiger partial charge in [0.25, 0.3) is 0 Å². The van der Waals surface area contributed by atoms with Gasteiger partial charge in [-0.3, -0.25) is 0 Å². The molecule has 1 aromatic heterocycles. The summed E-state index contributed by atoms with van der Waals surface area (Å²) in [6.45, 7) is 4.65. The number of hydrogen-bond donors (Lipinski definition) is 1. The van der Waals surface area contributed by atoms with Crippen LogP contribution < -0.4 is 5.73 Å². The minimum absolute atomic E-state index is 0.0279. The minimum Gasteiger partial charge on any atom is -0.366 e. The standard InChI is InChI=1S/C15H18BrNOS/c1-10-7-8-19-15(10)14(11(2)17)18-9-12-5-3-4-6-13(12)16/h3-8,11,14H,9,17H2,1-2H3. The van der Waals surface area contributed by atoms with Crippen LogP contribution in [0, 0.1) is 6.92 Å². The van der Waals surface area contributed by atoms with Crippen LogP contribution in [0.5, 0.6) is 0 Å². The van der Waals surface area contributed by atoms with Crippen LogP contribution in [-0.4, -0.2) is 6.04 Å².